The molecule has 0 aliphatic carbocycles. The van der Waals surface area contributed by atoms with Crippen LogP contribution in [0, 0.1) is 0 Å². The first-order valence-corrected chi connectivity index (χ1v) is 9.46. The van der Waals surface area contributed by atoms with Crippen LogP contribution in [0.4, 0.5) is 0 Å². The van der Waals surface area contributed by atoms with Crippen LogP contribution in [-0.4, -0.2) is 35.6 Å². The summed E-state index contributed by atoms with van der Waals surface area (Å²) in [6.45, 7) is 0.236. The SMILES string of the molecule is Cn1c(CN(N)C(=O)c2ccc3ncc4cn[nH]c4c3c2)cnc1-c1ccccc1. The number of fused-ring (bicyclic) bond motifs is 3. The second-order valence-electron chi connectivity index (χ2n) is 7.12. The molecule has 8 heteroatoms. The first-order chi connectivity index (χ1) is 14.6. The molecular weight excluding hydrogens is 378 g/mol. The van der Waals surface area contributed by atoms with Crippen molar-refractivity contribution in [2.24, 2.45) is 12.9 Å². The average Bonchev–Trinajstić information content (AvgIpc) is 3.40. The molecule has 0 unspecified atom stereocenters. The smallest absolute Gasteiger partial charge is 0.268 e. The molecule has 30 heavy (non-hydrogen) atoms. The van der Waals surface area contributed by atoms with Gasteiger partial charge >= 0.3 is 0 Å². The van der Waals surface area contributed by atoms with E-state index in [2.05, 4.69) is 20.2 Å². The van der Waals surface area contributed by atoms with Crippen LogP contribution in [0.15, 0.2) is 67.1 Å². The number of aromatic nitrogens is 5. The molecule has 0 aliphatic heterocycles. The molecule has 0 bridgehead atoms. The predicted octanol–water partition coefficient (Wildman–Crippen LogP) is 3.03. The van der Waals surface area contributed by atoms with Crippen molar-refractivity contribution < 1.29 is 4.79 Å². The maximum absolute atomic E-state index is 13.0. The van der Waals surface area contributed by atoms with E-state index in [4.69, 9.17) is 5.84 Å². The van der Waals surface area contributed by atoms with Crippen LogP contribution in [0.2, 0.25) is 0 Å². The summed E-state index contributed by atoms with van der Waals surface area (Å²) in [5.41, 5.74) is 3.96. The molecule has 0 aliphatic rings. The second-order valence-corrected chi connectivity index (χ2v) is 7.12. The lowest BCUT2D eigenvalue weighted by molar-refractivity contribution is 0.0740. The summed E-state index contributed by atoms with van der Waals surface area (Å²) in [6.07, 6.45) is 5.21. The summed E-state index contributed by atoms with van der Waals surface area (Å²) in [4.78, 5) is 21.9. The largest absolute Gasteiger partial charge is 0.329 e. The van der Waals surface area contributed by atoms with Crippen molar-refractivity contribution in [2.75, 3.05) is 0 Å². The minimum atomic E-state index is -0.282. The summed E-state index contributed by atoms with van der Waals surface area (Å²) in [7, 11) is 1.92. The number of hydrogen-bond donors (Lipinski definition) is 2. The number of hydrogen-bond acceptors (Lipinski definition) is 5. The second kappa shape index (κ2) is 7.09. The minimum absolute atomic E-state index is 0.236. The summed E-state index contributed by atoms with van der Waals surface area (Å²) >= 11 is 0. The number of carbonyl (C=O) groups is 1. The van der Waals surface area contributed by atoms with Crippen LogP contribution in [0.5, 0.6) is 0 Å². The van der Waals surface area contributed by atoms with Crippen molar-refractivity contribution in [1.82, 2.24) is 29.7 Å². The van der Waals surface area contributed by atoms with Gasteiger partial charge in [0.15, 0.2) is 0 Å². The molecule has 8 nitrogen and oxygen atoms in total. The minimum Gasteiger partial charge on any atom is -0.329 e. The van der Waals surface area contributed by atoms with Gasteiger partial charge in [-0.25, -0.2) is 10.8 Å². The van der Waals surface area contributed by atoms with Crippen molar-refractivity contribution in [3.8, 4) is 11.4 Å². The number of carbonyl (C=O) groups excluding carboxylic acids is 1. The molecule has 0 radical (unpaired) electrons. The molecule has 5 rings (SSSR count). The van der Waals surface area contributed by atoms with Gasteiger partial charge in [-0.3, -0.25) is 19.9 Å². The molecule has 148 valence electrons. The van der Waals surface area contributed by atoms with Crippen LogP contribution in [0.1, 0.15) is 16.1 Å². The van der Waals surface area contributed by atoms with E-state index in [9.17, 15) is 4.79 Å². The van der Waals surface area contributed by atoms with Crippen molar-refractivity contribution in [3.05, 3.63) is 78.4 Å². The van der Waals surface area contributed by atoms with Crippen LogP contribution in [0.3, 0.4) is 0 Å². The number of amides is 1. The normalized spacial score (nSPS) is 11.3. The van der Waals surface area contributed by atoms with Gasteiger partial charge in [0.05, 0.1) is 35.7 Å². The summed E-state index contributed by atoms with van der Waals surface area (Å²) in [5.74, 6) is 6.68. The molecule has 0 fully saturated rings. The van der Waals surface area contributed by atoms with Gasteiger partial charge in [0, 0.05) is 35.1 Å². The van der Waals surface area contributed by atoms with Crippen molar-refractivity contribution >= 4 is 27.7 Å². The van der Waals surface area contributed by atoms with Crippen molar-refractivity contribution in [2.45, 2.75) is 6.54 Å². The number of benzene rings is 2. The molecule has 0 saturated heterocycles. The van der Waals surface area contributed by atoms with E-state index < -0.39 is 0 Å². The molecule has 1 amide bonds. The standard InChI is InChI=1S/C22H19N7O/c1-28-17(12-25-21(28)14-5-3-2-4-6-14)13-29(23)22(30)15-7-8-19-18(9-15)20-16(10-24-19)11-26-27-20/h2-12H,13,23H2,1H3,(H,26,27). The quantitative estimate of drug-likeness (QED) is 0.275. The fraction of sp³-hybridized carbons (Fsp3) is 0.0909. The number of pyridine rings is 1. The highest BCUT2D eigenvalue weighted by atomic mass is 16.2. The number of nitrogens with one attached hydrogen (secondary N) is 1. The van der Waals surface area contributed by atoms with Gasteiger partial charge in [-0.1, -0.05) is 30.3 Å². The molecule has 3 aromatic heterocycles. The Kier molecular flexibility index (Phi) is 4.26. The van der Waals surface area contributed by atoms with E-state index in [-0.39, 0.29) is 12.5 Å². The number of nitrogens with two attached hydrogens (primary N) is 1. The van der Waals surface area contributed by atoms with E-state index in [1.807, 2.05) is 48.0 Å². The zero-order valence-corrected chi connectivity index (χ0v) is 16.3. The zero-order valence-electron chi connectivity index (χ0n) is 16.3. The third kappa shape index (κ3) is 2.99. The van der Waals surface area contributed by atoms with E-state index in [0.29, 0.717) is 5.56 Å². The lowest BCUT2D eigenvalue weighted by atomic mass is 10.1. The van der Waals surface area contributed by atoms with Crippen LogP contribution >= 0.6 is 0 Å². The fourth-order valence-corrected chi connectivity index (χ4v) is 3.59. The van der Waals surface area contributed by atoms with Gasteiger partial charge in [0.2, 0.25) is 0 Å². The summed E-state index contributed by atoms with van der Waals surface area (Å²) in [6, 6.07) is 15.2. The van der Waals surface area contributed by atoms with Gasteiger partial charge < -0.3 is 4.57 Å². The van der Waals surface area contributed by atoms with Crippen LogP contribution in [0.25, 0.3) is 33.2 Å². The Balaban J connectivity index is 1.42. The molecule has 0 atom stereocenters. The predicted molar refractivity (Wildman–Crippen MR) is 114 cm³/mol. The van der Waals surface area contributed by atoms with Crippen molar-refractivity contribution in [1.29, 1.82) is 0 Å². The first kappa shape index (κ1) is 18.0. The van der Waals surface area contributed by atoms with E-state index >= 15 is 0 Å². The number of imidazole rings is 1. The lowest BCUT2D eigenvalue weighted by Gasteiger charge is -2.17. The molecule has 2 aromatic carbocycles. The highest BCUT2D eigenvalue weighted by Gasteiger charge is 2.17. The van der Waals surface area contributed by atoms with Crippen LogP contribution in [-0.2, 0) is 13.6 Å². The average molecular weight is 397 g/mol. The maximum atomic E-state index is 13.0. The fourth-order valence-electron chi connectivity index (χ4n) is 3.59. The van der Waals surface area contributed by atoms with Gasteiger partial charge in [0.25, 0.3) is 5.91 Å². The number of rotatable bonds is 4. The van der Waals surface area contributed by atoms with E-state index in [0.717, 1.165) is 38.9 Å². The Morgan fingerprint density at radius 2 is 1.93 bits per heavy atom. The van der Waals surface area contributed by atoms with Crippen LogP contribution < -0.4 is 5.84 Å². The van der Waals surface area contributed by atoms with E-state index in [1.54, 1.807) is 30.7 Å². The Hall–Kier alpha value is -4.04. The highest BCUT2D eigenvalue weighted by molar-refractivity contribution is 6.06. The third-order valence-corrected chi connectivity index (χ3v) is 5.23. The highest BCUT2D eigenvalue weighted by Crippen LogP contribution is 2.23. The zero-order chi connectivity index (χ0) is 20.7. The Morgan fingerprint density at radius 3 is 2.77 bits per heavy atom. The molecule has 5 aromatic rings. The number of aromatic amines is 1. The Labute approximate surface area is 171 Å². The topological polar surface area (TPSA) is 106 Å². The molecule has 0 spiro atoms. The molecule has 3 heterocycles. The van der Waals surface area contributed by atoms with Gasteiger partial charge in [-0.15, -0.1) is 0 Å². The first-order valence-electron chi connectivity index (χ1n) is 9.46. The van der Waals surface area contributed by atoms with E-state index in [1.165, 1.54) is 5.01 Å². The third-order valence-electron chi connectivity index (χ3n) is 5.23. The number of hydrazine groups is 1. The Morgan fingerprint density at radius 1 is 1.10 bits per heavy atom. The number of nitrogens with zero attached hydrogens (tertiary/aromatic N) is 5. The summed E-state index contributed by atoms with van der Waals surface area (Å²) in [5, 5.41) is 9.95. The monoisotopic (exact) mass is 397 g/mol. The molecular formula is C22H19N7O. The molecule has 3 N–H and O–H groups in total. The summed E-state index contributed by atoms with van der Waals surface area (Å²) < 4.78 is 1.95. The maximum Gasteiger partial charge on any atom is 0.268 e. The Bertz CT molecular complexity index is 1370. The van der Waals surface area contributed by atoms with Crippen molar-refractivity contribution in [3.63, 3.8) is 0 Å². The van der Waals surface area contributed by atoms with Gasteiger partial charge in [-0.2, -0.15) is 5.10 Å². The molecule has 0 saturated carbocycles. The van der Waals surface area contributed by atoms with Gasteiger partial charge in [0.1, 0.15) is 5.82 Å². The van der Waals surface area contributed by atoms with Gasteiger partial charge in [-0.05, 0) is 18.2 Å². The lowest BCUT2D eigenvalue weighted by Crippen LogP contribution is -2.37. The number of H-pyrrole nitrogens is 1.